The molecule has 0 spiro atoms. The maximum atomic E-state index is 14.2. The van der Waals surface area contributed by atoms with Gasteiger partial charge in [-0.15, -0.1) is 0 Å². The van der Waals surface area contributed by atoms with E-state index in [4.69, 9.17) is 16.3 Å². The predicted molar refractivity (Wildman–Crippen MR) is 107 cm³/mol. The molecule has 11 heteroatoms. The number of rotatable bonds is 6. The number of piperazine rings is 1. The Hall–Kier alpha value is -1.72. The fourth-order valence-corrected chi connectivity index (χ4v) is 6.16. The van der Waals surface area contributed by atoms with Crippen LogP contribution in [0.25, 0.3) is 0 Å². The lowest BCUT2D eigenvalue weighted by atomic mass is 10.3. The number of nitrogens with zero attached hydrogens (tertiary/aromatic N) is 2. The van der Waals surface area contributed by atoms with Crippen molar-refractivity contribution in [3.05, 3.63) is 53.3 Å². The van der Waals surface area contributed by atoms with Gasteiger partial charge in [0.25, 0.3) is 0 Å². The molecule has 0 N–H and O–H groups in total. The molecule has 1 fully saturated rings. The highest BCUT2D eigenvalue weighted by Crippen LogP contribution is 2.27. The molecule has 0 unspecified atom stereocenters. The Bertz CT molecular complexity index is 1080. The first kappa shape index (κ1) is 22.0. The number of halogens is 2. The van der Waals surface area contributed by atoms with E-state index in [1.807, 2.05) is 6.92 Å². The van der Waals surface area contributed by atoms with Gasteiger partial charge in [-0.1, -0.05) is 17.7 Å². The van der Waals surface area contributed by atoms with E-state index in [0.29, 0.717) is 12.4 Å². The normalized spacial score (nSPS) is 16.7. The van der Waals surface area contributed by atoms with Crippen molar-refractivity contribution in [2.24, 2.45) is 0 Å². The standard InChI is InChI=1S/C18H20ClFN2O5S2/c1-2-27-14-6-8-15(9-7-14)28(23,24)21-10-12-22(13-11-21)29(25,26)17-5-3-4-16(19)18(17)20/h3-9H,2,10-13H2,1H3. The van der Waals surface area contributed by atoms with E-state index in [1.54, 1.807) is 12.1 Å². The highest BCUT2D eigenvalue weighted by molar-refractivity contribution is 7.89. The van der Waals surface area contributed by atoms with E-state index in [2.05, 4.69) is 0 Å². The second kappa shape index (κ2) is 8.57. The van der Waals surface area contributed by atoms with Gasteiger partial charge < -0.3 is 4.74 Å². The van der Waals surface area contributed by atoms with Gasteiger partial charge in [-0.05, 0) is 43.3 Å². The minimum Gasteiger partial charge on any atom is -0.494 e. The largest absolute Gasteiger partial charge is 0.494 e. The van der Waals surface area contributed by atoms with E-state index < -0.39 is 30.8 Å². The van der Waals surface area contributed by atoms with Gasteiger partial charge in [0, 0.05) is 26.2 Å². The Morgan fingerprint density at radius 1 is 0.931 bits per heavy atom. The third kappa shape index (κ3) is 4.41. The van der Waals surface area contributed by atoms with Crippen LogP contribution in [-0.4, -0.2) is 58.2 Å². The van der Waals surface area contributed by atoms with Crippen molar-refractivity contribution >= 4 is 31.6 Å². The summed E-state index contributed by atoms with van der Waals surface area (Å²) in [7, 11) is -7.91. The van der Waals surface area contributed by atoms with Crippen LogP contribution in [0.4, 0.5) is 4.39 Å². The van der Waals surface area contributed by atoms with E-state index in [1.165, 1.54) is 28.6 Å². The molecule has 1 aliphatic rings. The Morgan fingerprint density at radius 2 is 1.48 bits per heavy atom. The van der Waals surface area contributed by atoms with Crippen LogP contribution >= 0.6 is 11.6 Å². The summed E-state index contributed by atoms with van der Waals surface area (Å²) in [6, 6.07) is 9.79. The Morgan fingerprint density at radius 3 is 2.03 bits per heavy atom. The van der Waals surface area contributed by atoms with Crippen molar-refractivity contribution in [3.8, 4) is 5.75 Å². The second-order valence-corrected chi connectivity index (χ2v) is 10.5. The first-order valence-electron chi connectivity index (χ1n) is 8.85. The quantitative estimate of drug-likeness (QED) is 0.658. The first-order valence-corrected chi connectivity index (χ1v) is 12.1. The monoisotopic (exact) mass is 462 g/mol. The molecular weight excluding hydrogens is 443 g/mol. The SMILES string of the molecule is CCOc1ccc(S(=O)(=O)N2CCN(S(=O)(=O)c3cccc(Cl)c3F)CC2)cc1. The number of hydrogen-bond donors (Lipinski definition) is 0. The fraction of sp³-hybridized carbons (Fsp3) is 0.333. The first-order chi connectivity index (χ1) is 13.7. The van der Waals surface area contributed by atoms with Gasteiger partial charge in [-0.3, -0.25) is 0 Å². The van der Waals surface area contributed by atoms with Crippen LogP contribution in [-0.2, 0) is 20.0 Å². The number of hydrogen-bond acceptors (Lipinski definition) is 5. The van der Waals surface area contributed by atoms with Crippen molar-refractivity contribution in [2.45, 2.75) is 16.7 Å². The summed E-state index contributed by atoms with van der Waals surface area (Å²) in [5.41, 5.74) is 0. The minimum atomic E-state index is -4.12. The second-order valence-electron chi connectivity index (χ2n) is 6.26. The van der Waals surface area contributed by atoms with Crippen molar-refractivity contribution in [3.63, 3.8) is 0 Å². The summed E-state index contributed by atoms with van der Waals surface area (Å²) >= 11 is 5.69. The average molecular weight is 463 g/mol. The Kier molecular flexibility index (Phi) is 6.49. The molecule has 0 amide bonds. The molecule has 0 aromatic heterocycles. The summed E-state index contributed by atoms with van der Waals surface area (Å²) in [6.07, 6.45) is 0. The molecule has 0 aliphatic carbocycles. The summed E-state index contributed by atoms with van der Waals surface area (Å²) in [5.74, 6) is -0.454. The summed E-state index contributed by atoms with van der Waals surface area (Å²) < 4.78 is 72.9. The van der Waals surface area contributed by atoms with Crippen LogP contribution in [0.2, 0.25) is 5.02 Å². The predicted octanol–water partition coefficient (Wildman–Crippen LogP) is 2.57. The molecule has 0 saturated carbocycles. The maximum absolute atomic E-state index is 14.2. The number of sulfonamides is 2. The highest BCUT2D eigenvalue weighted by Gasteiger charge is 2.35. The zero-order valence-corrected chi connectivity index (χ0v) is 18.0. The van der Waals surface area contributed by atoms with Crippen LogP contribution in [0, 0.1) is 5.82 Å². The maximum Gasteiger partial charge on any atom is 0.246 e. The molecular formula is C18H20ClFN2O5S2. The molecule has 1 aliphatic heterocycles. The molecule has 0 atom stereocenters. The lowest BCUT2D eigenvalue weighted by Crippen LogP contribution is -2.50. The van der Waals surface area contributed by atoms with Crippen LogP contribution < -0.4 is 4.74 Å². The Balaban J connectivity index is 1.75. The lowest BCUT2D eigenvalue weighted by Gasteiger charge is -2.33. The smallest absolute Gasteiger partial charge is 0.246 e. The topological polar surface area (TPSA) is 84.0 Å². The molecule has 158 valence electrons. The van der Waals surface area contributed by atoms with Crippen LogP contribution in [0.5, 0.6) is 5.75 Å². The van der Waals surface area contributed by atoms with Gasteiger partial charge >= 0.3 is 0 Å². The van der Waals surface area contributed by atoms with Gasteiger partial charge in [-0.25, -0.2) is 21.2 Å². The summed E-state index contributed by atoms with van der Waals surface area (Å²) in [6.45, 7) is 2.02. The van der Waals surface area contributed by atoms with E-state index in [-0.39, 0.29) is 36.1 Å². The van der Waals surface area contributed by atoms with Crippen molar-refractivity contribution < 1.29 is 26.0 Å². The van der Waals surface area contributed by atoms with Crippen molar-refractivity contribution in [2.75, 3.05) is 32.8 Å². The van der Waals surface area contributed by atoms with E-state index in [0.717, 1.165) is 10.4 Å². The fourth-order valence-electron chi connectivity index (χ4n) is 3.00. The van der Waals surface area contributed by atoms with E-state index >= 15 is 0 Å². The zero-order chi connectivity index (χ0) is 21.2. The third-order valence-electron chi connectivity index (χ3n) is 4.50. The van der Waals surface area contributed by atoms with Gasteiger partial charge in [0.15, 0.2) is 5.82 Å². The average Bonchev–Trinajstić information content (AvgIpc) is 2.70. The molecule has 0 radical (unpaired) electrons. The summed E-state index contributed by atoms with van der Waals surface area (Å²) in [5, 5.41) is -0.289. The highest BCUT2D eigenvalue weighted by atomic mass is 35.5. The van der Waals surface area contributed by atoms with Crippen LogP contribution in [0.15, 0.2) is 52.3 Å². The molecule has 1 heterocycles. The van der Waals surface area contributed by atoms with Gasteiger partial charge in [0.05, 0.1) is 16.5 Å². The Labute approximate surface area is 174 Å². The van der Waals surface area contributed by atoms with Gasteiger partial charge in [0.1, 0.15) is 10.6 Å². The molecule has 1 saturated heterocycles. The van der Waals surface area contributed by atoms with E-state index in [9.17, 15) is 21.2 Å². The zero-order valence-electron chi connectivity index (χ0n) is 15.6. The molecule has 0 bridgehead atoms. The summed E-state index contributed by atoms with van der Waals surface area (Å²) in [4.78, 5) is -0.425. The molecule has 2 aromatic carbocycles. The van der Waals surface area contributed by atoms with Crippen molar-refractivity contribution in [1.29, 1.82) is 0 Å². The van der Waals surface area contributed by atoms with Gasteiger partial charge in [-0.2, -0.15) is 8.61 Å². The van der Waals surface area contributed by atoms with Crippen LogP contribution in [0.3, 0.4) is 0 Å². The minimum absolute atomic E-state index is 0.0447. The van der Waals surface area contributed by atoms with Gasteiger partial charge in [0.2, 0.25) is 20.0 Å². The third-order valence-corrected chi connectivity index (χ3v) is 8.62. The molecule has 3 rings (SSSR count). The van der Waals surface area contributed by atoms with Crippen LogP contribution in [0.1, 0.15) is 6.92 Å². The molecule has 2 aromatic rings. The lowest BCUT2D eigenvalue weighted by molar-refractivity contribution is 0.272. The number of ether oxygens (including phenoxy) is 1. The molecule has 7 nitrogen and oxygen atoms in total. The van der Waals surface area contributed by atoms with Crippen molar-refractivity contribution in [1.82, 2.24) is 8.61 Å². The molecule has 29 heavy (non-hydrogen) atoms. The number of benzene rings is 2.